The summed E-state index contributed by atoms with van der Waals surface area (Å²) in [6.07, 6.45) is 3.46. The monoisotopic (exact) mass is 379 g/mol. The van der Waals surface area contributed by atoms with Gasteiger partial charge in [0.15, 0.2) is 5.82 Å². The van der Waals surface area contributed by atoms with Crippen LogP contribution in [-0.2, 0) is 0 Å². The van der Waals surface area contributed by atoms with Gasteiger partial charge < -0.3 is 9.88 Å². The smallest absolute Gasteiger partial charge is 0.264 e. The fourth-order valence-corrected chi connectivity index (χ4v) is 3.75. The highest BCUT2D eigenvalue weighted by molar-refractivity contribution is 7.98. The van der Waals surface area contributed by atoms with E-state index in [1.165, 1.54) is 17.5 Å². The first kappa shape index (κ1) is 18.1. The number of thioether (sulfide) groups is 1. The Kier molecular flexibility index (Phi) is 5.87. The van der Waals surface area contributed by atoms with E-state index in [4.69, 9.17) is 0 Å². The first-order valence-electron chi connectivity index (χ1n) is 8.11. The highest BCUT2D eigenvalue weighted by Gasteiger charge is 2.24. The lowest BCUT2D eigenvalue weighted by Gasteiger charge is -2.34. The zero-order valence-electron chi connectivity index (χ0n) is 14.3. The van der Waals surface area contributed by atoms with Gasteiger partial charge in [-0.25, -0.2) is 9.97 Å². The number of piperazine rings is 1. The van der Waals surface area contributed by atoms with Crippen molar-refractivity contribution in [3.8, 4) is 11.5 Å². The highest BCUT2D eigenvalue weighted by Crippen LogP contribution is 2.16. The third-order valence-corrected chi connectivity index (χ3v) is 5.53. The summed E-state index contributed by atoms with van der Waals surface area (Å²) in [5.41, 5.74) is 0.305. The summed E-state index contributed by atoms with van der Waals surface area (Å²) >= 11 is 3.31. The molecule has 134 valence electrons. The van der Waals surface area contributed by atoms with Crippen LogP contribution in [-0.4, -0.2) is 75.4 Å². The molecule has 0 aliphatic carbocycles. The number of aromatic amines is 1. The summed E-state index contributed by atoms with van der Waals surface area (Å²) in [6.45, 7) is 5.89. The molecule has 0 bridgehead atoms. The molecule has 9 heteroatoms. The van der Waals surface area contributed by atoms with Crippen molar-refractivity contribution in [3.63, 3.8) is 0 Å². The second-order valence-corrected chi connectivity index (χ2v) is 7.90. The van der Waals surface area contributed by atoms with E-state index >= 15 is 0 Å². The second kappa shape index (κ2) is 8.11. The Bertz CT molecular complexity index is 796. The predicted octanol–water partition coefficient (Wildman–Crippen LogP) is 1.32. The molecule has 1 amide bonds. The molecule has 3 heterocycles. The van der Waals surface area contributed by atoms with E-state index in [0.29, 0.717) is 24.6 Å². The molecular formula is C16H21N5O2S2. The quantitative estimate of drug-likeness (QED) is 0.844. The van der Waals surface area contributed by atoms with E-state index in [0.717, 1.165) is 30.4 Å². The van der Waals surface area contributed by atoms with E-state index in [1.54, 1.807) is 4.90 Å². The van der Waals surface area contributed by atoms with Gasteiger partial charge >= 0.3 is 0 Å². The predicted molar refractivity (Wildman–Crippen MR) is 101 cm³/mol. The molecule has 0 atom stereocenters. The van der Waals surface area contributed by atoms with E-state index in [-0.39, 0.29) is 11.5 Å². The number of hydrogen-bond donors (Lipinski definition) is 1. The number of nitrogens with one attached hydrogen (secondary N) is 1. The van der Waals surface area contributed by atoms with Crippen LogP contribution in [0.3, 0.4) is 0 Å². The molecule has 0 aromatic carbocycles. The minimum absolute atomic E-state index is 0.0910. The number of hydrogen-bond acceptors (Lipinski definition) is 7. The van der Waals surface area contributed by atoms with Crippen LogP contribution in [0.2, 0.25) is 0 Å². The number of carbonyl (C=O) groups is 1. The van der Waals surface area contributed by atoms with Gasteiger partial charge in [0.05, 0.1) is 5.01 Å². The van der Waals surface area contributed by atoms with Crippen LogP contribution in [0.4, 0.5) is 0 Å². The number of thiazole rings is 1. The summed E-state index contributed by atoms with van der Waals surface area (Å²) in [7, 11) is 0. The number of rotatable bonds is 5. The van der Waals surface area contributed by atoms with Crippen molar-refractivity contribution in [2.24, 2.45) is 0 Å². The normalized spacial score (nSPS) is 15.5. The molecule has 1 aliphatic rings. The van der Waals surface area contributed by atoms with Crippen molar-refractivity contribution >= 4 is 29.0 Å². The van der Waals surface area contributed by atoms with Crippen LogP contribution in [0, 0.1) is 6.92 Å². The zero-order valence-corrected chi connectivity index (χ0v) is 16.0. The van der Waals surface area contributed by atoms with Gasteiger partial charge in [0.1, 0.15) is 11.3 Å². The fraction of sp³-hybridized carbons (Fsp3) is 0.500. The lowest BCUT2D eigenvalue weighted by atomic mass is 10.2. The third-order valence-electron chi connectivity index (χ3n) is 4.16. The van der Waals surface area contributed by atoms with Crippen molar-refractivity contribution in [3.05, 3.63) is 32.5 Å². The van der Waals surface area contributed by atoms with Gasteiger partial charge in [-0.15, -0.1) is 11.3 Å². The van der Waals surface area contributed by atoms with E-state index in [1.807, 2.05) is 24.1 Å². The van der Waals surface area contributed by atoms with Crippen molar-refractivity contribution < 1.29 is 4.79 Å². The molecule has 0 unspecified atom stereocenters. The number of aryl methyl sites for hydroxylation is 1. The summed E-state index contributed by atoms with van der Waals surface area (Å²) in [5.74, 6) is 1.24. The lowest BCUT2D eigenvalue weighted by molar-refractivity contribution is 0.0642. The SMILES string of the molecule is CSCCN1CCN(C(=O)c2cnc(-c3csc(C)n3)[nH]c2=O)CC1. The number of H-pyrrole nitrogens is 1. The van der Waals surface area contributed by atoms with Gasteiger partial charge in [0.2, 0.25) is 0 Å². The Morgan fingerprint density at radius 2 is 2.12 bits per heavy atom. The number of nitrogens with zero attached hydrogens (tertiary/aromatic N) is 4. The Morgan fingerprint density at radius 3 is 2.72 bits per heavy atom. The zero-order chi connectivity index (χ0) is 17.8. The number of carbonyl (C=O) groups excluding carboxylic acids is 1. The van der Waals surface area contributed by atoms with Gasteiger partial charge in [-0.05, 0) is 13.2 Å². The van der Waals surface area contributed by atoms with Gasteiger partial charge in [-0.1, -0.05) is 0 Å². The first-order chi connectivity index (χ1) is 12.1. The number of amides is 1. The molecule has 0 saturated carbocycles. The van der Waals surface area contributed by atoms with E-state index < -0.39 is 5.56 Å². The fourth-order valence-electron chi connectivity index (χ4n) is 2.71. The van der Waals surface area contributed by atoms with Crippen molar-refractivity contribution in [2.45, 2.75) is 6.92 Å². The van der Waals surface area contributed by atoms with E-state index in [2.05, 4.69) is 26.1 Å². The largest absolute Gasteiger partial charge is 0.336 e. The standard InChI is InChI=1S/C16H21N5O2S2/c1-11-18-13(10-25-11)14-17-9-12(15(22)19-14)16(23)21-5-3-20(4-6-21)7-8-24-2/h9-10H,3-8H2,1-2H3,(H,17,19,22). The molecule has 7 nitrogen and oxygen atoms in total. The summed E-state index contributed by atoms with van der Waals surface area (Å²) in [6, 6.07) is 0. The van der Waals surface area contributed by atoms with Gasteiger partial charge in [-0.3, -0.25) is 14.5 Å². The molecule has 2 aromatic rings. The maximum atomic E-state index is 12.6. The Hall–Kier alpha value is -1.71. The topological polar surface area (TPSA) is 82.2 Å². The molecule has 0 radical (unpaired) electrons. The molecule has 3 rings (SSSR count). The van der Waals surface area contributed by atoms with Crippen LogP contribution < -0.4 is 5.56 Å². The summed E-state index contributed by atoms with van der Waals surface area (Å²) in [4.78, 5) is 40.2. The van der Waals surface area contributed by atoms with Crippen LogP contribution in [0.1, 0.15) is 15.4 Å². The van der Waals surface area contributed by atoms with Gasteiger partial charge in [0, 0.05) is 50.1 Å². The van der Waals surface area contributed by atoms with Crippen LogP contribution in [0.15, 0.2) is 16.4 Å². The van der Waals surface area contributed by atoms with Gasteiger partial charge in [0.25, 0.3) is 11.5 Å². The van der Waals surface area contributed by atoms with Crippen molar-refractivity contribution in [2.75, 3.05) is 44.7 Å². The minimum Gasteiger partial charge on any atom is -0.336 e. The Labute approximate surface area is 154 Å². The maximum Gasteiger partial charge on any atom is 0.264 e. The average molecular weight is 380 g/mol. The summed E-state index contributed by atoms with van der Waals surface area (Å²) in [5, 5.41) is 2.74. The van der Waals surface area contributed by atoms with Gasteiger partial charge in [-0.2, -0.15) is 11.8 Å². The minimum atomic E-state index is -0.412. The highest BCUT2D eigenvalue weighted by atomic mass is 32.2. The van der Waals surface area contributed by atoms with Crippen LogP contribution >= 0.6 is 23.1 Å². The van der Waals surface area contributed by atoms with Crippen LogP contribution in [0.5, 0.6) is 0 Å². The average Bonchev–Trinajstić information content (AvgIpc) is 3.06. The molecule has 2 aromatic heterocycles. The Morgan fingerprint density at radius 1 is 1.36 bits per heavy atom. The Balaban J connectivity index is 1.68. The number of aromatic nitrogens is 3. The molecular weight excluding hydrogens is 358 g/mol. The molecule has 25 heavy (non-hydrogen) atoms. The third kappa shape index (κ3) is 4.28. The molecule has 1 fully saturated rings. The van der Waals surface area contributed by atoms with Crippen molar-refractivity contribution in [1.82, 2.24) is 24.8 Å². The lowest BCUT2D eigenvalue weighted by Crippen LogP contribution is -2.50. The summed E-state index contributed by atoms with van der Waals surface area (Å²) < 4.78 is 0. The molecule has 1 saturated heterocycles. The molecule has 0 spiro atoms. The van der Waals surface area contributed by atoms with Crippen molar-refractivity contribution in [1.29, 1.82) is 0 Å². The molecule has 1 aliphatic heterocycles. The van der Waals surface area contributed by atoms with E-state index in [9.17, 15) is 9.59 Å². The van der Waals surface area contributed by atoms with Crippen LogP contribution in [0.25, 0.3) is 11.5 Å². The maximum absolute atomic E-state index is 12.6. The second-order valence-electron chi connectivity index (χ2n) is 5.85. The molecule has 1 N–H and O–H groups in total. The first-order valence-corrected chi connectivity index (χ1v) is 10.4.